The van der Waals surface area contributed by atoms with Crippen LogP contribution in [0.2, 0.25) is 5.15 Å². The normalized spacial score (nSPS) is 12.8. The van der Waals surface area contributed by atoms with Gasteiger partial charge in [0, 0.05) is 18.4 Å². The molecular weight excluding hydrogens is 516 g/mol. The Morgan fingerprint density at radius 1 is 1.10 bits per heavy atom. The molecule has 0 aliphatic rings. The minimum absolute atomic E-state index is 0.287. The smallest absolute Gasteiger partial charge is 0.323 e. The monoisotopic (exact) mass is 550 g/mol. The second kappa shape index (κ2) is 14.0. The average Bonchev–Trinajstić information content (AvgIpc) is 3.62. The molecule has 0 spiro atoms. The van der Waals surface area contributed by atoms with Crippen LogP contribution >= 0.6 is 11.6 Å². The Morgan fingerprint density at radius 3 is 2.64 bits per heavy atom. The van der Waals surface area contributed by atoms with Gasteiger partial charge in [-0.25, -0.2) is 4.98 Å². The van der Waals surface area contributed by atoms with Crippen molar-refractivity contribution in [3.63, 3.8) is 0 Å². The van der Waals surface area contributed by atoms with E-state index in [2.05, 4.69) is 37.5 Å². The fourth-order valence-electron chi connectivity index (χ4n) is 4.41. The summed E-state index contributed by atoms with van der Waals surface area (Å²) in [5, 5.41) is 15.0. The first kappa shape index (κ1) is 28.4. The van der Waals surface area contributed by atoms with E-state index in [1.807, 2.05) is 48.5 Å². The van der Waals surface area contributed by atoms with Crippen molar-refractivity contribution < 1.29 is 9.53 Å². The van der Waals surface area contributed by atoms with Crippen LogP contribution in [0.25, 0.3) is 22.5 Å². The summed E-state index contributed by atoms with van der Waals surface area (Å²) in [6.45, 7) is 2.67. The van der Waals surface area contributed by atoms with Crippen LogP contribution in [0, 0.1) is 0 Å². The number of imidazole rings is 1. The van der Waals surface area contributed by atoms with Crippen molar-refractivity contribution in [2.75, 3.05) is 6.54 Å². The summed E-state index contributed by atoms with van der Waals surface area (Å²) in [5.74, 6) is 0.738. The summed E-state index contributed by atoms with van der Waals surface area (Å²) >= 11 is 6.56. The lowest BCUT2D eigenvalue weighted by Crippen LogP contribution is -2.33. The maximum absolute atomic E-state index is 13.0. The van der Waals surface area contributed by atoms with Crippen LogP contribution in [0.3, 0.4) is 0 Å². The number of nitrogens with one attached hydrogen (secondary N) is 2. The molecule has 6 N–H and O–H groups in total. The second-order valence-electron chi connectivity index (χ2n) is 9.49. The van der Waals surface area contributed by atoms with Crippen molar-refractivity contribution in [2.45, 2.75) is 64.0 Å². The molecule has 0 aliphatic heterocycles. The number of ether oxygens (including phenoxy) is 1. The lowest BCUT2D eigenvalue weighted by atomic mass is 9.95. The minimum atomic E-state index is -0.754. The van der Waals surface area contributed by atoms with E-state index in [1.165, 1.54) is 0 Å². The molecule has 0 radical (unpaired) electrons. The van der Waals surface area contributed by atoms with Crippen LogP contribution in [-0.2, 0) is 22.4 Å². The molecule has 206 valence electrons. The first-order chi connectivity index (χ1) is 19.0. The van der Waals surface area contributed by atoms with Gasteiger partial charge in [-0.15, -0.1) is 10.2 Å². The molecule has 0 saturated heterocycles. The van der Waals surface area contributed by atoms with Gasteiger partial charge in [-0.2, -0.15) is 5.21 Å². The highest BCUT2D eigenvalue weighted by atomic mass is 35.5. The summed E-state index contributed by atoms with van der Waals surface area (Å²) in [7, 11) is 0. The average molecular weight is 551 g/mol. The number of carbonyl (C=O) groups excluding carboxylic acids is 1. The molecule has 11 heteroatoms. The molecule has 0 aliphatic carbocycles. The van der Waals surface area contributed by atoms with Gasteiger partial charge < -0.3 is 21.2 Å². The standard InChI is InChI=1S/C28H35ClN8O2/c1-2-3-12-24-32-25(26(29)33-24)23(39-28(38)22(31)11-7-8-15-30)17-18-13-14-20(19-9-5-4-6-10-19)21(16-18)27-34-36-37-35-27/h4-6,9-10,13-14,16,22-23H,2-3,7-8,11-12,15,17,30-31H2,1H3,(H,32,33)(H,34,35,36,37)/t22-,23-/m1/s1. The van der Waals surface area contributed by atoms with E-state index in [0.29, 0.717) is 30.9 Å². The zero-order valence-electron chi connectivity index (χ0n) is 22.1. The van der Waals surface area contributed by atoms with Crippen LogP contribution in [0.1, 0.15) is 62.2 Å². The van der Waals surface area contributed by atoms with Crippen molar-refractivity contribution >= 4 is 17.6 Å². The number of rotatable bonds is 14. The Bertz CT molecular complexity index is 1330. The number of benzene rings is 2. The van der Waals surface area contributed by atoms with Crippen LogP contribution in [0.15, 0.2) is 48.5 Å². The highest BCUT2D eigenvalue weighted by Gasteiger charge is 2.27. The Morgan fingerprint density at radius 2 is 1.92 bits per heavy atom. The predicted molar refractivity (Wildman–Crippen MR) is 151 cm³/mol. The number of aryl methyl sites for hydroxylation is 1. The second-order valence-corrected chi connectivity index (χ2v) is 9.85. The summed E-state index contributed by atoms with van der Waals surface area (Å²) in [5.41, 5.74) is 16.0. The van der Waals surface area contributed by atoms with Crippen molar-refractivity contribution in [3.05, 3.63) is 70.8 Å². The molecule has 0 amide bonds. The van der Waals surface area contributed by atoms with E-state index < -0.39 is 18.1 Å². The van der Waals surface area contributed by atoms with Gasteiger partial charge in [0.15, 0.2) is 5.15 Å². The number of H-pyrrole nitrogens is 2. The molecule has 0 fully saturated rings. The molecule has 4 aromatic rings. The van der Waals surface area contributed by atoms with E-state index >= 15 is 0 Å². The molecular formula is C28H35ClN8O2. The number of aromatic nitrogens is 6. The molecule has 2 aromatic carbocycles. The van der Waals surface area contributed by atoms with Gasteiger partial charge in [0.2, 0.25) is 5.82 Å². The van der Waals surface area contributed by atoms with Crippen LogP contribution in [0.5, 0.6) is 0 Å². The number of hydrogen-bond donors (Lipinski definition) is 4. The number of esters is 1. The van der Waals surface area contributed by atoms with Gasteiger partial charge >= 0.3 is 5.97 Å². The maximum atomic E-state index is 13.0. The highest BCUT2D eigenvalue weighted by Crippen LogP contribution is 2.34. The van der Waals surface area contributed by atoms with Crippen LogP contribution in [-0.4, -0.2) is 49.1 Å². The number of nitrogens with zero attached hydrogens (tertiary/aromatic N) is 4. The van der Waals surface area contributed by atoms with Gasteiger partial charge in [0.05, 0.1) is 5.69 Å². The zero-order valence-corrected chi connectivity index (χ0v) is 22.8. The zero-order chi connectivity index (χ0) is 27.6. The number of nitrogens with two attached hydrogens (primary N) is 2. The topological polar surface area (TPSA) is 161 Å². The lowest BCUT2D eigenvalue weighted by molar-refractivity contribution is -0.151. The first-order valence-electron chi connectivity index (χ1n) is 13.3. The molecule has 4 rings (SSSR count). The number of unbranched alkanes of at least 4 members (excludes halogenated alkanes) is 2. The van der Waals surface area contributed by atoms with Gasteiger partial charge in [-0.05, 0) is 53.8 Å². The molecule has 2 heterocycles. The number of hydrogen-bond acceptors (Lipinski definition) is 8. The summed E-state index contributed by atoms with van der Waals surface area (Å²) in [6.07, 6.45) is 4.41. The van der Waals surface area contributed by atoms with Crippen LogP contribution < -0.4 is 11.5 Å². The summed E-state index contributed by atoms with van der Waals surface area (Å²) in [4.78, 5) is 20.8. The fourth-order valence-corrected chi connectivity index (χ4v) is 4.68. The van der Waals surface area contributed by atoms with E-state index in [-0.39, 0.29) is 5.15 Å². The number of carbonyl (C=O) groups is 1. The highest BCUT2D eigenvalue weighted by molar-refractivity contribution is 6.30. The molecule has 0 unspecified atom stereocenters. The Kier molecular flexibility index (Phi) is 10.2. The third-order valence-corrected chi connectivity index (χ3v) is 6.82. The van der Waals surface area contributed by atoms with Crippen molar-refractivity contribution in [1.29, 1.82) is 0 Å². The van der Waals surface area contributed by atoms with Crippen molar-refractivity contribution in [1.82, 2.24) is 30.6 Å². The van der Waals surface area contributed by atoms with Crippen molar-refractivity contribution in [2.24, 2.45) is 11.5 Å². The quantitative estimate of drug-likeness (QED) is 0.131. The third kappa shape index (κ3) is 7.50. The number of halogens is 1. The Balaban J connectivity index is 1.66. The fraction of sp³-hybridized carbons (Fsp3) is 0.393. The number of aromatic amines is 2. The van der Waals surface area contributed by atoms with Gasteiger partial charge in [0.1, 0.15) is 18.0 Å². The molecule has 2 atom stereocenters. The van der Waals surface area contributed by atoms with Crippen LogP contribution in [0.4, 0.5) is 0 Å². The third-order valence-electron chi connectivity index (χ3n) is 6.53. The minimum Gasteiger partial charge on any atom is -0.454 e. The summed E-state index contributed by atoms with van der Waals surface area (Å²) in [6, 6.07) is 15.2. The van der Waals surface area contributed by atoms with E-state index in [0.717, 1.165) is 60.2 Å². The van der Waals surface area contributed by atoms with E-state index in [4.69, 9.17) is 27.8 Å². The lowest BCUT2D eigenvalue weighted by Gasteiger charge is -2.20. The number of tetrazole rings is 1. The predicted octanol–water partition coefficient (Wildman–Crippen LogP) is 4.54. The van der Waals surface area contributed by atoms with Crippen molar-refractivity contribution in [3.8, 4) is 22.5 Å². The SMILES string of the molecule is CCCCc1nc(Cl)c([C@@H](Cc2ccc(-c3ccccc3)c(-c3nn[nH]n3)c2)OC(=O)[C@H](N)CCCCN)[nH]1. The molecule has 0 saturated carbocycles. The molecule has 2 aromatic heterocycles. The Labute approximate surface area is 232 Å². The Hall–Kier alpha value is -3.60. The molecule has 0 bridgehead atoms. The molecule has 39 heavy (non-hydrogen) atoms. The van der Waals surface area contributed by atoms with Gasteiger partial charge in [0.25, 0.3) is 0 Å². The first-order valence-corrected chi connectivity index (χ1v) is 13.7. The van der Waals surface area contributed by atoms with E-state index in [9.17, 15) is 4.79 Å². The van der Waals surface area contributed by atoms with E-state index in [1.54, 1.807) is 0 Å². The van der Waals surface area contributed by atoms with Gasteiger partial charge in [-0.3, -0.25) is 4.79 Å². The molecule has 10 nitrogen and oxygen atoms in total. The summed E-state index contributed by atoms with van der Waals surface area (Å²) < 4.78 is 5.98. The van der Waals surface area contributed by atoms with Gasteiger partial charge in [-0.1, -0.05) is 73.8 Å². The maximum Gasteiger partial charge on any atom is 0.323 e. The largest absolute Gasteiger partial charge is 0.454 e.